The molecular weight excluding hydrogens is 503 g/mol. The minimum Gasteiger partial charge on any atom is -0.392 e. The summed E-state index contributed by atoms with van der Waals surface area (Å²) in [6, 6.07) is 13.7. The number of oxime groups is 1. The van der Waals surface area contributed by atoms with Gasteiger partial charge in [0.1, 0.15) is 28.4 Å². The molecular formula is C26H24ClFN4O5. The minimum atomic E-state index is -0.660. The third kappa shape index (κ3) is 5.15. The maximum atomic E-state index is 14.5. The highest BCUT2D eigenvalue weighted by molar-refractivity contribution is 6.33. The van der Waals surface area contributed by atoms with Gasteiger partial charge in [-0.05, 0) is 24.6 Å². The molecule has 1 saturated heterocycles. The van der Waals surface area contributed by atoms with Gasteiger partial charge in [0.25, 0.3) is 5.91 Å². The van der Waals surface area contributed by atoms with E-state index in [-0.39, 0.29) is 39.4 Å². The first-order chi connectivity index (χ1) is 17.8. The fourth-order valence-electron chi connectivity index (χ4n) is 4.52. The van der Waals surface area contributed by atoms with Gasteiger partial charge >= 0.3 is 6.09 Å². The Balaban J connectivity index is 1.19. The highest BCUT2D eigenvalue weighted by Crippen LogP contribution is 2.37. The van der Waals surface area contributed by atoms with E-state index in [1.165, 1.54) is 18.2 Å². The number of carbonyl (C=O) groups excluding carboxylic acids is 2. The van der Waals surface area contributed by atoms with Crippen LogP contribution in [-0.4, -0.2) is 46.6 Å². The molecule has 2 amide bonds. The van der Waals surface area contributed by atoms with Crippen LogP contribution in [-0.2, 0) is 16.1 Å². The van der Waals surface area contributed by atoms with Crippen LogP contribution in [0.5, 0.6) is 0 Å². The predicted molar refractivity (Wildman–Crippen MR) is 132 cm³/mol. The zero-order chi connectivity index (χ0) is 26.0. The molecule has 0 aliphatic carbocycles. The first kappa shape index (κ1) is 24.8. The van der Waals surface area contributed by atoms with Crippen LogP contribution in [0.4, 0.5) is 9.18 Å². The SMILES string of the molecule is Cc1onc(-c2c(F)cccc2Cl)c1C(=O)N1CCC2(CC1)CC(OC(=O)NCc1ccccc1)=NO2. The second-order valence-electron chi connectivity index (χ2n) is 9.02. The van der Waals surface area contributed by atoms with Crippen LogP contribution < -0.4 is 5.32 Å². The number of carbonyl (C=O) groups is 2. The van der Waals surface area contributed by atoms with Crippen LogP contribution in [0.15, 0.2) is 58.2 Å². The Morgan fingerprint density at radius 3 is 2.65 bits per heavy atom. The van der Waals surface area contributed by atoms with Crippen molar-refractivity contribution >= 4 is 29.5 Å². The zero-order valence-corrected chi connectivity index (χ0v) is 20.8. The summed E-state index contributed by atoms with van der Waals surface area (Å²) in [5, 5.41) is 10.7. The number of aromatic nitrogens is 1. The lowest BCUT2D eigenvalue weighted by atomic mass is 9.88. The molecule has 0 radical (unpaired) electrons. The van der Waals surface area contributed by atoms with E-state index in [2.05, 4.69) is 15.6 Å². The Morgan fingerprint density at radius 2 is 1.92 bits per heavy atom. The highest BCUT2D eigenvalue weighted by atomic mass is 35.5. The average Bonchev–Trinajstić information content (AvgIpc) is 3.46. The molecule has 1 aromatic heterocycles. The molecule has 192 valence electrons. The van der Waals surface area contributed by atoms with Gasteiger partial charge in [0.2, 0.25) is 5.90 Å². The van der Waals surface area contributed by atoms with E-state index in [1.54, 1.807) is 11.8 Å². The summed E-state index contributed by atoms with van der Waals surface area (Å²) in [5.41, 5.74) is 0.556. The molecule has 0 atom stereocenters. The summed E-state index contributed by atoms with van der Waals surface area (Å²) < 4.78 is 25.1. The van der Waals surface area contributed by atoms with Crippen LogP contribution in [0.25, 0.3) is 11.3 Å². The Hall–Kier alpha value is -3.92. The topological polar surface area (TPSA) is 106 Å². The minimum absolute atomic E-state index is 0.0257. The van der Waals surface area contributed by atoms with Crippen molar-refractivity contribution in [2.75, 3.05) is 13.1 Å². The number of aryl methyl sites for hydroxylation is 1. The van der Waals surface area contributed by atoms with Gasteiger partial charge in [-0.15, -0.1) is 0 Å². The van der Waals surface area contributed by atoms with Gasteiger partial charge in [-0.1, -0.05) is 58.3 Å². The van der Waals surface area contributed by atoms with E-state index in [4.69, 9.17) is 25.7 Å². The van der Waals surface area contributed by atoms with Crippen molar-refractivity contribution in [2.45, 2.75) is 38.3 Å². The lowest BCUT2D eigenvalue weighted by Gasteiger charge is -2.36. The average molecular weight is 527 g/mol. The lowest BCUT2D eigenvalue weighted by Crippen LogP contribution is -2.47. The fraction of sp³-hybridized carbons (Fsp3) is 0.308. The quantitative estimate of drug-likeness (QED) is 0.508. The number of alkyl carbamates (subject to hydrolysis) is 1. The van der Waals surface area contributed by atoms with E-state index in [1.807, 2.05) is 30.3 Å². The number of benzene rings is 2. The molecule has 0 unspecified atom stereocenters. The normalized spacial score (nSPS) is 16.3. The number of halogens is 2. The van der Waals surface area contributed by atoms with Crippen LogP contribution in [0.1, 0.15) is 40.9 Å². The summed E-state index contributed by atoms with van der Waals surface area (Å²) in [4.78, 5) is 32.9. The Morgan fingerprint density at radius 1 is 1.16 bits per heavy atom. The summed E-state index contributed by atoms with van der Waals surface area (Å²) in [6.07, 6.45) is 0.649. The molecule has 0 saturated carbocycles. The summed E-state index contributed by atoms with van der Waals surface area (Å²) in [6.45, 7) is 2.65. The molecule has 9 nitrogen and oxygen atoms in total. The standard InChI is InChI=1S/C26H24ClFN4O5/c1-16-21(23(31-36-16)22-18(27)8-5-9-19(22)28)24(33)32-12-10-26(11-13-32)14-20(30-37-26)35-25(34)29-15-17-6-3-2-4-7-17/h2-9H,10-15H2,1H3,(H,29,34). The number of ether oxygens (including phenoxy) is 1. The highest BCUT2D eigenvalue weighted by Gasteiger charge is 2.45. The van der Waals surface area contributed by atoms with Crippen molar-refractivity contribution in [3.63, 3.8) is 0 Å². The molecule has 3 aromatic rings. The zero-order valence-electron chi connectivity index (χ0n) is 20.0. The van der Waals surface area contributed by atoms with Gasteiger partial charge in [-0.2, -0.15) is 0 Å². The third-order valence-electron chi connectivity index (χ3n) is 6.54. The maximum Gasteiger partial charge on any atom is 0.414 e. The number of nitrogens with zero attached hydrogens (tertiary/aromatic N) is 3. The summed E-state index contributed by atoms with van der Waals surface area (Å²) >= 11 is 6.20. The van der Waals surface area contributed by atoms with Gasteiger partial charge < -0.3 is 24.3 Å². The van der Waals surface area contributed by atoms with Gasteiger partial charge in [0.05, 0.1) is 17.0 Å². The number of nitrogens with one attached hydrogen (secondary N) is 1. The number of hydrogen-bond acceptors (Lipinski definition) is 7. The monoisotopic (exact) mass is 526 g/mol. The smallest absolute Gasteiger partial charge is 0.392 e. The van der Waals surface area contributed by atoms with Crippen molar-refractivity contribution in [3.05, 3.63) is 76.3 Å². The first-order valence-corrected chi connectivity index (χ1v) is 12.2. The van der Waals surface area contributed by atoms with Crippen molar-refractivity contribution in [1.82, 2.24) is 15.4 Å². The number of rotatable bonds is 4. The third-order valence-corrected chi connectivity index (χ3v) is 6.86. The largest absolute Gasteiger partial charge is 0.414 e. The predicted octanol–water partition coefficient (Wildman–Crippen LogP) is 5.08. The second kappa shape index (κ2) is 10.2. The van der Waals surface area contributed by atoms with Gasteiger partial charge in [0, 0.05) is 32.5 Å². The Kier molecular flexibility index (Phi) is 6.84. The van der Waals surface area contributed by atoms with Crippen LogP contribution in [0.3, 0.4) is 0 Å². The number of likely N-dealkylation sites (tertiary alicyclic amines) is 1. The number of hydrogen-bond donors (Lipinski definition) is 1. The molecule has 0 bridgehead atoms. The van der Waals surface area contributed by atoms with Crippen LogP contribution in [0, 0.1) is 12.7 Å². The number of amides is 2. The molecule has 11 heteroatoms. The fourth-order valence-corrected chi connectivity index (χ4v) is 4.77. The first-order valence-electron chi connectivity index (χ1n) is 11.8. The second-order valence-corrected chi connectivity index (χ2v) is 9.42. The molecule has 5 rings (SSSR count). The van der Waals surface area contributed by atoms with E-state index in [0.717, 1.165) is 5.56 Å². The molecule has 2 aliphatic heterocycles. The van der Waals surface area contributed by atoms with E-state index >= 15 is 0 Å². The van der Waals surface area contributed by atoms with Gasteiger partial charge in [-0.25, -0.2) is 9.18 Å². The van der Waals surface area contributed by atoms with Crippen molar-refractivity contribution in [1.29, 1.82) is 0 Å². The Labute approximate surface area is 217 Å². The van der Waals surface area contributed by atoms with Gasteiger partial charge in [-0.3, -0.25) is 4.79 Å². The Bertz CT molecular complexity index is 1330. The van der Waals surface area contributed by atoms with Crippen LogP contribution >= 0.6 is 11.6 Å². The van der Waals surface area contributed by atoms with Crippen molar-refractivity contribution in [3.8, 4) is 11.3 Å². The molecule has 2 aliphatic rings. The maximum absolute atomic E-state index is 14.5. The molecule has 1 fully saturated rings. The summed E-state index contributed by atoms with van der Waals surface area (Å²) in [5.74, 6) is -0.461. The van der Waals surface area contributed by atoms with Crippen LogP contribution in [0.2, 0.25) is 5.02 Å². The molecule has 3 heterocycles. The van der Waals surface area contributed by atoms with E-state index < -0.39 is 17.5 Å². The molecule has 1 spiro atoms. The molecule has 37 heavy (non-hydrogen) atoms. The van der Waals surface area contributed by atoms with E-state index in [0.29, 0.717) is 38.9 Å². The molecule has 2 aromatic carbocycles. The summed E-state index contributed by atoms with van der Waals surface area (Å²) in [7, 11) is 0. The molecule has 1 N–H and O–H groups in total. The van der Waals surface area contributed by atoms with Gasteiger partial charge in [0.15, 0.2) is 0 Å². The van der Waals surface area contributed by atoms with Crippen molar-refractivity contribution in [2.24, 2.45) is 5.16 Å². The number of piperidine rings is 1. The lowest BCUT2D eigenvalue weighted by molar-refractivity contribution is -0.0568. The van der Waals surface area contributed by atoms with E-state index in [9.17, 15) is 14.0 Å². The van der Waals surface area contributed by atoms with Crippen molar-refractivity contribution < 1.29 is 28.1 Å².